The van der Waals surface area contributed by atoms with Gasteiger partial charge in [0.15, 0.2) is 0 Å². The van der Waals surface area contributed by atoms with E-state index in [1.54, 1.807) is 0 Å². The second-order valence-electron chi connectivity index (χ2n) is 5.39. The van der Waals surface area contributed by atoms with Crippen molar-refractivity contribution in [3.05, 3.63) is 54.0 Å². The van der Waals surface area contributed by atoms with Crippen LogP contribution in [0.2, 0.25) is 0 Å². The van der Waals surface area contributed by atoms with Gasteiger partial charge in [0.05, 0.1) is 16.6 Å². The number of hydrogen-bond donors (Lipinski definition) is 2. The molecule has 0 aliphatic heterocycles. The molecule has 5 heteroatoms. The summed E-state index contributed by atoms with van der Waals surface area (Å²) >= 11 is 0. The summed E-state index contributed by atoms with van der Waals surface area (Å²) in [7, 11) is 0. The largest absolute Gasteiger partial charge is 0.342 e. The van der Waals surface area contributed by atoms with Gasteiger partial charge in [-0.2, -0.15) is 0 Å². The zero-order valence-corrected chi connectivity index (χ0v) is 12.4. The summed E-state index contributed by atoms with van der Waals surface area (Å²) in [6.45, 7) is 4.00. The highest BCUT2D eigenvalue weighted by Crippen LogP contribution is 2.21. The molecule has 22 heavy (non-hydrogen) atoms. The van der Waals surface area contributed by atoms with E-state index in [4.69, 9.17) is 0 Å². The van der Waals surface area contributed by atoms with Crippen LogP contribution in [0.25, 0.3) is 21.9 Å². The molecule has 0 atom stereocenters. The third-order valence-corrected chi connectivity index (χ3v) is 3.67. The lowest BCUT2D eigenvalue weighted by atomic mass is 10.1. The molecular formula is C17H15N5. The molecule has 108 valence electrons. The lowest BCUT2D eigenvalue weighted by molar-refractivity contribution is 1.17. The number of benzene rings is 2. The topological polar surface area (TPSA) is 66.5 Å². The van der Waals surface area contributed by atoms with E-state index in [0.717, 1.165) is 39.0 Å². The van der Waals surface area contributed by atoms with Gasteiger partial charge in [0.25, 0.3) is 0 Å². The number of imidazole rings is 1. The van der Waals surface area contributed by atoms with Gasteiger partial charge in [0, 0.05) is 17.3 Å². The minimum absolute atomic E-state index is 0.595. The van der Waals surface area contributed by atoms with Crippen LogP contribution in [-0.2, 0) is 0 Å². The molecule has 2 aromatic carbocycles. The van der Waals surface area contributed by atoms with Crippen molar-refractivity contribution in [3.8, 4) is 0 Å². The Morgan fingerprint density at radius 2 is 1.95 bits per heavy atom. The third-order valence-electron chi connectivity index (χ3n) is 3.67. The fraction of sp³-hybridized carbons (Fsp3) is 0.118. The van der Waals surface area contributed by atoms with E-state index in [2.05, 4.69) is 38.2 Å². The zero-order valence-electron chi connectivity index (χ0n) is 12.4. The lowest BCUT2D eigenvalue weighted by Crippen LogP contribution is -1.97. The molecule has 4 rings (SSSR count). The SMILES string of the molecule is Cc1nc2ccc(Nc3ncc4cccc(C)c4n3)cc2[nH]1. The molecule has 2 N–H and O–H groups in total. The lowest BCUT2D eigenvalue weighted by Gasteiger charge is -2.07. The number of rotatable bonds is 2. The number of anilines is 2. The molecule has 0 spiro atoms. The second-order valence-corrected chi connectivity index (χ2v) is 5.39. The van der Waals surface area contributed by atoms with Crippen molar-refractivity contribution >= 4 is 33.6 Å². The van der Waals surface area contributed by atoms with Crippen molar-refractivity contribution in [2.45, 2.75) is 13.8 Å². The van der Waals surface area contributed by atoms with Crippen LogP contribution in [0, 0.1) is 13.8 Å². The summed E-state index contributed by atoms with van der Waals surface area (Å²) < 4.78 is 0. The monoisotopic (exact) mass is 289 g/mol. The first-order valence-electron chi connectivity index (χ1n) is 7.15. The Kier molecular flexibility index (Phi) is 2.79. The Morgan fingerprint density at radius 1 is 1.05 bits per heavy atom. The fourth-order valence-electron chi connectivity index (χ4n) is 2.61. The van der Waals surface area contributed by atoms with E-state index >= 15 is 0 Å². The molecule has 0 saturated carbocycles. The maximum atomic E-state index is 4.61. The van der Waals surface area contributed by atoms with Crippen molar-refractivity contribution in [2.75, 3.05) is 5.32 Å². The molecule has 0 unspecified atom stereocenters. The number of H-pyrrole nitrogens is 1. The predicted octanol–water partition coefficient (Wildman–Crippen LogP) is 3.87. The van der Waals surface area contributed by atoms with Gasteiger partial charge in [-0.3, -0.25) is 0 Å². The molecule has 0 aliphatic carbocycles. The number of para-hydroxylation sites is 1. The number of nitrogens with one attached hydrogen (secondary N) is 2. The number of fused-ring (bicyclic) bond motifs is 2. The Morgan fingerprint density at radius 3 is 2.86 bits per heavy atom. The van der Waals surface area contributed by atoms with Gasteiger partial charge in [-0.15, -0.1) is 0 Å². The summed E-state index contributed by atoms with van der Waals surface area (Å²) in [4.78, 5) is 16.6. The van der Waals surface area contributed by atoms with Crippen LogP contribution in [0.1, 0.15) is 11.4 Å². The minimum Gasteiger partial charge on any atom is -0.342 e. The molecule has 2 heterocycles. The fourth-order valence-corrected chi connectivity index (χ4v) is 2.61. The Labute approximate surface area is 127 Å². The van der Waals surface area contributed by atoms with Gasteiger partial charge in [-0.25, -0.2) is 15.0 Å². The van der Waals surface area contributed by atoms with E-state index in [0.29, 0.717) is 5.95 Å². The first kappa shape index (κ1) is 12.8. The normalized spacial score (nSPS) is 11.2. The van der Waals surface area contributed by atoms with E-state index in [1.807, 2.05) is 43.5 Å². The minimum atomic E-state index is 0.595. The van der Waals surface area contributed by atoms with E-state index in [9.17, 15) is 0 Å². The van der Waals surface area contributed by atoms with Crippen LogP contribution in [-0.4, -0.2) is 19.9 Å². The van der Waals surface area contributed by atoms with Gasteiger partial charge < -0.3 is 10.3 Å². The van der Waals surface area contributed by atoms with Crippen LogP contribution in [0.3, 0.4) is 0 Å². The van der Waals surface area contributed by atoms with Crippen LogP contribution in [0.4, 0.5) is 11.6 Å². The van der Waals surface area contributed by atoms with Gasteiger partial charge in [-0.05, 0) is 37.6 Å². The Balaban J connectivity index is 1.73. The second kappa shape index (κ2) is 4.80. The molecule has 4 aromatic rings. The predicted molar refractivity (Wildman–Crippen MR) is 88.4 cm³/mol. The molecule has 0 radical (unpaired) electrons. The third kappa shape index (κ3) is 2.16. The molecule has 0 saturated heterocycles. The summed E-state index contributed by atoms with van der Waals surface area (Å²) in [5.41, 5.74) is 5.00. The van der Waals surface area contributed by atoms with Gasteiger partial charge in [0.2, 0.25) is 5.95 Å². The van der Waals surface area contributed by atoms with E-state index in [1.165, 1.54) is 0 Å². The number of hydrogen-bond acceptors (Lipinski definition) is 4. The Bertz CT molecular complexity index is 987. The van der Waals surface area contributed by atoms with Crippen molar-refractivity contribution in [3.63, 3.8) is 0 Å². The van der Waals surface area contributed by atoms with E-state index in [-0.39, 0.29) is 0 Å². The van der Waals surface area contributed by atoms with E-state index < -0.39 is 0 Å². The quantitative estimate of drug-likeness (QED) is 0.588. The highest BCUT2D eigenvalue weighted by molar-refractivity contribution is 5.83. The smallest absolute Gasteiger partial charge is 0.227 e. The number of aromatic nitrogens is 4. The van der Waals surface area contributed by atoms with Crippen molar-refractivity contribution in [1.29, 1.82) is 0 Å². The standard InChI is InChI=1S/C17H15N5/c1-10-4-3-5-12-9-18-17(22-16(10)12)21-13-6-7-14-15(8-13)20-11(2)19-14/h3-9H,1-2H3,(H,19,20)(H,18,21,22). The summed E-state index contributed by atoms with van der Waals surface area (Å²) in [5, 5.41) is 4.30. The van der Waals surface area contributed by atoms with Crippen molar-refractivity contribution in [1.82, 2.24) is 19.9 Å². The molecule has 5 nitrogen and oxygen atoms in total. The number of aryl methyl sites for hydroxylation is 2. The molecule has 0 aliphatic rings. The summed E-state index contributed by atoms with van der Waals surface area (Å²) in [5.74, 6) is 1.50. The van der Waals surface area contributed by atoms with Crippen LogP contribution >= 0.6 is 0 Å². The van der Waals surface area contributed by atoms with Crippen LogP contribution in [0.5, 0.6) is 0 Å². The van der Waals surface area contributed by atoms with Crippen molar-refractivity contribution in [2.24, 2.45) is 0 Å². The average Bonchev–Trinajstić information content (AvgIpc) is 2.87. The molecule has 2 aromatic heterocycles. The highest BCUT2D eigenvalue weighted by Gasteiger charge is 2.05. The van der Waals surface area contributed by atoms with Gasteiger partial charge in [0.1, 0.15) is 5.82 Å². The highest BCUT2D eigenvalue weighted by atomic mass is 15.1. The summed E-state index contributed by atoms with van der Waals surface area (Å²) in [6, 6.07) is 12.1. The number of nitrogens with zero attached hydrogens (tertiary/aromatic N) is 3. The average molecular weight is 289 g/mol. The van der Waals surface area contributed by atoms with Gasteiger partial charge in [-0.1, -0.05) is 18.2 Å². The summed E-state index contributed by atoms with van der Waals surface area (Å²) in [6.07, 6.45) is 1.84. The maximum Gasteiger partial charge on any atom is 0.227 e. The molecular weight excluding hydrogens is 274 g/mol. The number of aromatic amines is 1. The maximum absolute atomic E-state index is 4.61. The first-order chi connectivity index (χ1) is 10.7. The van der Waals surface area contributed by atoms with Crippen molar-refractivity contribution < 1.29 is 0 Å². The first-order valence-corrected chi connectivity index (χ1v) is 7.15. The zero-order chi connectivity index (χ0) is 15.1. The molecule has 0 fully saturated rings. The molecule has 0 bridgehead atoms. The van der Waals surface area contributed by atoms with Crippen LogP contribution in [0.15, 0.2) is 42.6 Å². The van der Waals surface area contributed by atoms with Gasteiger partial charge >= 0.3 is 0 Å². The Hall–Kier alpha value is -2.95. The molecule has 0 amide bonds. The van der Waals surface area contributed by atoms with Crippen LogP contribution < -0.4 is 5.32 Å².